The number of nitrogens with two attached hydrogens (primary N) is 1. The first-order chi connectivity index (χ1) is 9.93. The summed E-state index contributed by atoms with van der Waals surface area (Å²) in [5.74, 6) is 0.124. The van der Waals surface area contributed by atoms with Gasteiger partial charge in [0.1, 0.15) is 11.6 Å². The van der Waals surface area contributed by atoms with Crippen molar-refractivity contribution in [1.29, 1.82) is 0 Å². The SMILES string of the molecule is CCOc1cc(Cl)c(C(N)c2cc(C)ccc2F)cc1Cl. The molecule has 2 rings (SSSR count). The van der Waals surface area contributed by atoms with Gasteiger partial charge in [-0.2, -0.15) is 0 Å². The van der Waals surface area contributed by atoms with Crippen molar-refractivity contribution >= 4 is 23.2 Å². The molecule has 21 heavy (non-hydrogen) atoms. The second kappa shape index (κ2) is 6.65. The summed E-state index contributed by atoms with van der Waals surface area (Å²) in [5.41, 5.74) is 8.03. The van der Waals surface area contributed by atoms with E-state index in [4.69, 9.17) is 33.7 Å². The number of hydrogen-bond donors (Lipinski definition) is 1. The fourth-order valence-electron chi connectivity index (χ4n) is 2.12. The van der Waals surface area contributed by atoms with Gasteiger partial charge in [0.05, 0.1) is 17.7 Å². The lowest BCUT2D eigenvalue weighted by atomic mass is 9.97. The van der Waals surface area contributed by atoms with E-state index in [1.54, 1.807) is 24.3 Å². The largest absolute Gasteiger partial charge is 0.492 e. The maximum atomic E-state index is 14.0. The number of benzene rings is 2. The van der Waals surface area contributed by atoms with E-state index in [0.717, 1.165) is 5.56 Å². The predicted molar refractivity (Wildman–Crippen MR) is 84.8 cm³/mol. The highest BCUT2D eigenvalue weighted by atomic mass is 35.5. The predicted octanol–water partition coefficient (Wildman–Crippen LogP) is 4.89. The van der Waals surface area contributed by atoms with Gasteiger partial charge in [-0.3, -0.25) is 0 Å². The van der Waals surface area contributed by atoms with E-state index in [2.05, 4.69) is 0 Å². The molecule has 0 amide bonds. The molecular weight excluding hydrogens is 312 g/mol. The zero-order chi connectivity index (χ0) is 15.6. The number of hydrogen-bond acceptors (Lipinski definition) is 2. The number of aryl methyl sites for hydroxylation is 1. The van der Waals surface area contributed by atoms with Crippen molar-refractivity contribution in [2.24, 2.45) is 5.73 Å². The topological polar surface area (TPSA) is 35.2 Å². The van der Waals surface area contributed by atoms with E-state index in [-0.39, 0.29) is 5.82 Å². The fourth-order valence-corrected chi connectivity index (χ4v) is 2.62. The molecule has 0 saturated heterocycles. The van der Waals surface area contributed by atoms with Crippen molar-refractivity contribution in [3.05, 3.63) is 62.9 Å². The third-order valence-corrected chi connectivity index (χ3v) is 3.80. The normalized spacial score (nSPS) is 12.3. The summed E-state index contributed by atoms with van der Waals surface area (Å²) in [5, 5.41) is 0.802. The molecule has 1 atom stereocenters. The second-order valence-corrected chi connectivity index (χ2v) is 5.55. The van der Waals surface area contributed by atoms with Gasteiger partial charge in [0.15, 0.2) is 0 Å². The van der Waals surface area contributed by atoms with E-state index in [1.807, 2.05) is 13.8 Å². The summed E-state index contributed by atoms with van der Waals surface area (Å²) in [7, 11) is 0. The molecule has 112 valence electrons. The molecule has 0 aliphatic rings. The minimum atomic E-state index is -0.689. The Kier molecular flexibility index (Phi) is 5.09. The third-order valence-electron chi connectivity index (χ3n) is 3.17. The monoisotopic (exact) mass is 327 g/mol. The van der Waals surface area contributed by atoms with Crippen LogP contribution in [-0.4, -0.2) is 6.61 Å². The first kappa shape index (κ1) is 16.1. The van der Waals surface area contributed by atoms with Crippen LogP contribution >= 0.6 is 23.2 Å². The summed E-state index contributed by atoms with van der Waals surface area (Å²) in [6, 6.07) is 7.34. The molecule has 2 nitrogen and oxygen atoms in total. The highest BCUT2D eigenvalue weighted by molar-refractivity contribution is 6.34. The van der Waals surface area contributed by atoms with Crippen molar-refractivity contribution in [1.82, 2.24) is 0 Å². The van der Waals surface area contributed by atoms with Crippen LogP contribution in [0.1, 0.15) is 29.7 Å². The first-order valence-electron chi connectivity index (χ1n) is 6.57. The van der Waals surface area contributed by atoms with Gasteiger partial charge in [0, 0.05) is 16.7 Å². The Morgan fingerprint density at radius 1 is 1.14 bits per heavy atom. The Morgan fingerprint density at radius 3 is 2.52 bits per heavy atom. The Labute approximate surface area is 133 Å². The molecule has 0 radical (unpaired) electrons. The summed E-state index contributed by atoms with van der Waals surface area (Å²) >= 11 is 12.4. The van der Waals surface area contributed by atoms with Crippen molar-refractivity contribution in [2.45, 2.75) is 19.9 Å². The Morgan fingerprint density at radius 2 is 1.86 bits per heavy atom. The number of rotatable bonds is 4. The summed E-state index contributed by atoms with van der Waals surface area (Å²) in [6.07, 6.45) is 0. The maximum Gasteiger partial charge on any atom is 0.139 e. The van der Waals surface area contributed by atoms with Crippen LogP contribution in [0.2, 0.25) is 10.0 Å². The zero-order valence-corrected chi connectivity index (χ0v) is 13.3. The molecule has 2 N–H and O–H groups in total. The zero-order valence-electron chi connectivity index (χ0n) is 11.8. The number of halogens is 3. The molecule has 0 aromatic heterocycles. The van der Waals surface area contributed by atoms with Crippen LogP contribution in [0.4, 0.5) is 4.39 Å². The molecule has 5 heteroatoms. The molecule has 0 fully saturated rings. The van der Waals surface area contributed by atoms with Gasteiger partial charge in [0.2, 0.25) is 0 Å². The standard InChI is InChI=1S/C16H16Cl2FNO/c1-3-21-15-8-12(17)10(7-13(15)18)16(20)11-6-9(2)4-5-14(11)19/h4-8,16H,3,20H2,1-2H3. The minimum Gasteiger partial charge on any atom is -0.492 e. The van der Waals surface area contributed by atoms with Crippen molar-refractivity contribution in [2.75, 3.05) is 6.61 Å². The highest BCUT2D eigenvalue weighted by Gasteiger charge is 2.19. The molecular formula is C16H16Cl2FNO. The summed E-state index contributed by atoms with van der Waals surface area (Å²) < 4.78 is 19.3. The van der Waals surface area contributed by atoms with Gasteiger partial charge in [-0.25, -0.2) is 4.39 Å². The van der Waals surface area contributed by atoms with Crippen LogP contribution in [0.15, 0.2) is 30.3 Å². The highest BCUT2D eigenvalue weighted by Crippen LogP contribution is 2.36. The molecule has 0 aliphatic carbocycles. The maximum absolute atomic E-state index is 14.0. The Bertz CT molecular complexity index is 661. The Hall–Kier alpha value is -1.29. The molecule has 1 unspecified atom stereocenters. The molecule has 0 saturated carbocycles. The van der Waals surface area contributed by atoms with Gasteiger partial charge in [-0.15, -0.1) is 0 Å². The molecule has 0 spiro atoms. The summed E-state index contributed by atoms with van der Waals surface area (Å²) in [4.78, 5) is 0. The van der Waals surface area contributed by atoms with Gasteiger partial charge < -0.3 is 10.5 Å². The van der Waals surface area contributed by atoms with Gasteiger partial charge in [0.25, 0.3) is 0 Å². The lowest BCUT2D eigenvalue weighted by Crippen LogP contribution is -2.14. The van der Waals surface area contributed by atoms with E-state index < -0.39 is 6.04 Å². The van der Waals surface area contributed by atoms with E-state index >= 15 is 0 Å². The van der Waals surface area contributed by atoms with Crippen molar-refractivity contribution in [3.63, 3.8) is 0 Å². The fraction of sp³-hybridized carbons (Fsp3) is 0.250. The third kappa shape index (κ3) is 3.49. The number of ether oxygens (including phenoxy) is 1. The van der Waals surface area contributed by atoms with Crippen LogP contribution < -0.4 is 10.5 Å². The minimum absolute atomic E-state index is 0.367. The van der Waals surface area contributed by atoms with Crippen LogP contribution in [0, 0.1) is 12.7 Å². The molecule has 0 aliphatic heterocycles. The van der Waals surface area contributed by atoms with Gasteiger partial charge in [-0.1, -0.05) is 40.9 Å². The van der Waals surface area contributed by atoms with E-state index in [1.165, 1.54) is 6.07 Å². The van der Waals surface area contributed by atoms with Gasteiger partial charge in [-0.05, 0) is 31.5 Å². The summed E-state index contributed by atoms with van der Waals surface area (Å²) in [6.45, 7) is 4.21. The lowest BCUT2D eigenvalue weighted by Gasteiger charge is -2.17. The van der Waals surface area contributed by atoms with E-state index in [9.17, 15) is 4.39 Å². The van der Waals surface area contributed by atoms with Crippen LogP contribution in [0.3, 0.4) is 0 Å². The van der Waals surface area contributed by atoms with Crippen molar-refractivity contribution in [3.8, 4) is 5.75 Å². The molecule has 2 aromatic carbocycles. The Balaban J connectivity index is 2.46. The van der Waals surface area contributed by atoms with Crippen LogP contribution in [0.5, 0.6) is 5.75 Å². The van der Waals surface area contributed by atoms with E-state index in [0.29, 0.717) is 33.5 Å². The smallest absolute Gasteiger partial charge is 0.139 e. The van der Waals surface area contributed by atoms with Gasteiger partial charge >= 0.3 is 0 Å². The average Bonchev–Trinajstić information content (AvgIpc) is 2.44. The molecule has 0 bridgehead atoms. The lowest BCUT2D eigenvalue weighted by molar-refractivity contribution is 0.340. The second-order valence-electron chi connectivity index (χ2n) is 4.74. The molecule has 0 heterocycles. The first-order valence-corrected chi connectivity index (χ1v) is 7.33. The average molecular weight is 328 g/mol. The van der Waals surface area contributed by atoms with Crippen molar-refractivity contribution < 1.29 is 9.13 Å². The molecule has 2 aromatic rings. The quantitative estimate of drug-likeness (QED) is 0.867. The van der Waals surface area contributed by atoms with Crippen LogP contribution in [0.25, 0.3) is 0 Å². The van der Waals surface area contributed by atoms with Crippen LogP contribution in [-0.2, 0) is 0 Å².